The first-order valence-electron chi connectivity index (χ1n) is 7.01. The number of benzene rings is 1. The lowest BCUT2D eigenvalue weighted by molar-refractivity contribution is -0.121. The molecular formula is C15H20Cl2N2O. The number of rotatable bonds is 5. The smallest absolute Gasteiger partial charge is 0.234 e. The van der Waals surface area contributed by atoms with Crippen LogP contribution in [0.25, 0.3) is 0 Å². The highest BCUT2D eigenvalue weighted by Crippen LogP contribution is 2.35. The van der Waals surface area contributed by atoms with Gasteiger partial charge in [0.05, 0.1) is 12.6 Å². The first kappa shape index (κ1) is 15.6. The average Bonchev–Trinajstić information content (AvgIpc) is 3.12. The van der Waals surface area contributed by atoms with E-state index in [0.29, 0.717) is 6.54 Å². The Bertz CT molecular complexity index is 489. The van der Waals surface area contributed by atoms with Crippen molar-refractivity contribution < 1.29 is 4.79 Å². The molecule has 5 heteroatoms. The Morgan fingerprint density at radius 2 is 2.10 bits per heavy atom. The Hall–Kier alpha value is -0.770. The summed E-state index contributed by atoms with van der Waals surface area (Å²) >= 11 is 6.17. The third-order valence-corrected chi connectivity index (χ3v) is 4.32. The molecule has 3 rings (SSSR count). The SMILES string of the molecule is Cl.O=C(CNCC1CC1)NC1CCc2c(Cl)cccc21. The van der Waals surface area contributed by atoms with Gasteiger partial charge in [-0.3, -0.25) is 4.79 Å². The number of fused-ring (bicyclic) bond motifs is 1. The zero-order valence-electron chi connectivity index (χ0n) is 11.3. The molecule has 3 nitrogen and oxygen atoms in total. The second kappa shape index (κ2) is 6.79. The molecule has 0 saturated heterocycles. The largest absolute Gasteiger partial charge is 0.348 e. The lowest BCUT2D eigenvalue weighted by atomic mass is 10.1. The number of carbonyl (C=O) groups excluding carboxylic acids is 1. The Morgan fingerprint density at radius 3 is 2.85 bits per heavy atom. The van der Waals surface area contributed by atoms with Crippen molar-refractivity contribution in [1.82, 2.24) is 10.6 Å². The van der Waals surface area contributed by atoms with Crippen LogP contribution in [0, 0.1) is 5.92 Å². The molecule has 0 heterocycles. The van der Waals surface area contributed by atoms with E-state index in [1.165, 1.54) is 24.0 Å². The van der Waals surface area contributed by atoms with Gasteiger partial charge in [-0.15, -0.1) is 12.4 Å². The van der Waals surface area contributed by atoms with Crippen LogP contribution in [0.5, 0.6) is 0 Å². The molecule has 1 atom stereocenters. The van der Waals surface area contributed by atoms with E-state index in [9.17, 15) is 4.79 Å². The van der Waals surface area contributed by atoms with Gasteiger partial charge >= 0.3 is 0 Å². The Labute approximate surface area is 130 Å². The van der Waals surface area contributed by atoms with E-state index >= 15 is 0 Å². The van der Waals surface area contributed by atoms with Crippen molar-refractivity contribution in [1.29, 1.82) is 0 Å². The molecule has 20 heavy (non-hydrogen) atoms. The van der Waals surface area contributed by atoms with E-state index in [1.54, 1.807) is 0 Å². The number of amides is 1. The van der Waals surface area contributed by atoms with Gasteiger partial charge in [-0.2, -0.15) is 0 Å². The zero-order chi connectivity index (χ0) is 13.2. The summed E-state index contributed by atoms with van der Waals surface area (Å²) in [5.74, 6) is 0.886. The molecule has 0 bridgehead atoms. The van der Waals surface area contributed by atoms with E-state index in [1.807, 2.05) is 12.1 Å². The molecule has 2 aliphatic carbocycles. The van der Waals surface area contributed by atoms with Crippen molar-refractivity contribution in [3.8, 4) is 0 Å². The number of hydrogen-bond donors (Lipinski definition) is 2. The van der Waals surface area contributed by atoms with Crippen LogP contribution in [-0.4, -0.2) is 19.0 Å². The Morgan fingerprint density at radius 1 is 1.30 bits per heavy atom. The highest BCUT2D eigenvalue weighted by Gasteiger charge is 2.25. The van der Waals surface area contributed by atoms with Crippen molar-refractivity contribution in [3.05, 3.63) is 34.3 Å². The quantitative estimate of drug-likeness (QED) is 0.877. The molecule has 1 aromatic carbocycles. The predicted octanol–water partition coefficient (Wildman–Crippen LogP) is 2.86. The van der Waals surface area contributed by atoms with Crippen molar-refractivity contribution >= 4 is 29.9 Å². The third kappa shape index (κ3) is 3.66. The minimum atomic E-state index is 0. The molecule has 1 unspecified atom stereocenters. The molecule has 0 aromatic heterocycles. The van der Waals surface area contributed by atoms with Gasteiger partial charge in [-0.1, -0.05) is 23.7 Å². The number of nitrogens with one attached hydrogen (secondary N) is 2. The minimum absolute atomic E-state index is 0. The fourth-order valence-electron chi connectivity index (χ4n) is 2.72. The van der Waals surface area contributed by atoms with Crippen molar-refractivity contribution in [2.45, 2.75) is 31.7 Å². The third-order valence-electron chi connectivity index (χ3n) is 3.96. The van der Waals surface area contributed by atoms with Crippen LogP contribution >= 0.6 is 24.0 Å². The standard InChI is InChI=1S/C15H19ClN2O.ClH/c16-13-3-1-2-12-11(13)6-7-14(12)18-15(19)9-17-8-10-4-5-10;/h1-3,10,14,17H,4-9H2,(H,18,19);1H. The van der Waals surface area contributed by atoms with E-state index in [0.717, 1.165) is 30.3 Å². The van der Waals surface area contributed by atoms with E-state index in [4.69, 9.17) is 11.6 Å². The Balaban J connectivity index is 0.00000147. The second-order valence-corrected chi connectivity index (χ2v) is 5.95. The maximum absolute atomic E-state index is 11.9. The summed E-state index contributed by atoms with van der Waals surface area (Å²) in [5.41, 5.74) is 2.38. The van der Waals surface area contributed by atoms with Gasteiger partial charge in [-0.25, -0.2) is 0 Å². The maximum atomic E-state index is 11.9. The second-order valence-electron chi connectivity index (χ2n) is 5.54. The highest BCUT2D eigenvalue weighted by molar-refractivity contribution is 6.31. The predicted molar refractivity (Wildman–Crippen MR) is 83.5 cm³/mol. The summed E-state index contributed by atoms with van der Waals surface area (Å²) in [5, 5.41) is 7.14. The van der Waals surface area contributed by atoms with Gasteiger partial charge in [-0.05, 0) is 55.3 Å². The maximum Gasteiger partial charge on any atom is 0.234 e. The normalized spacial score (nSPS) is 20.1. The summed E-state index contributed by atoms with van der Waals surface area (Å²) in [7, 11) is 0. The first-order chi connectivity index (χ1) is 9.24. The summed E-state index contributed by atoms with van der Waals surface area (Å²) in [4.78, 5) is 11.9. The first-order valence-corrected chi connectivity index (χ1v) is 7.39. The lowest BCUT2D eigenvalue weighted by Gasteiger charge is -2.14. The summed E-state index contributed by atoms with van der Waals surface area (Å²) in [6.07, 6.45) is 4.52. The van der Waals surface area contributed by atoms with Crippen LogP contribution in [0.15, 0.2) is 18.2 Å². The Kier molecular flexibility index (Phi) is 5.30. The molecule has 0 spiro atoms. The fourth-order valence-corrected chi connectivity index (χ4v) is 2.99. The molecule has 2 N–H and O–H groups in total. The molecule has 1 amide bonds. The van der Waals surface area contributed by atoms with Crippen LogP contribution in [0.4, 0.5) is 0 Å². The van der Waals surface area contributed by atoms with Crippen LogP contribution < -0.4 is 10.6 Å². The van der Waals surface area contributed by atoms with Crippen molar-refractivity contribution in [3.63, 3.8) is 0 Å². The lowest BCUT2D eigenvalue weighted by Crippen LogP contribution is -2.36. The molecule has 0 radical (unpaired) electrons. The molecule has 1 aromatic rings. The van der Waals surface area contributed by atoms with E-state index in [-0.39, 0.29) is 24.4 Å². The molecular weight excluding hydrogens is 295 g/mol. The van der Waals surface area contributed by atoms with Crippen LogP contribution in [0.3, 0.4) is 0 Å². The van der Waals surface area contributed by atoms with Crippen molar-refractivity contribution in [2.24, 2.45) is 5.92 Å². The van der Waals surface area contributed by atoms with E-state index < -0.39 is 0 Å². The molecule has 1 saturated carbocycles. The molecule has 2 aliphatic rings. The van der Waals surface area contributed by atoms with Gasteiger partial charge in [0.1, 0.15) is 0 Å². The average molecular weight is 315 g/mol. The summed E-state index contributed by atoms with van der Waals surface area (Å²) in [6, 6.07) is 6.07. The van der Waals surface area contributed by atoms with Gasteiger partial charge in [0.25, 0.3) is 0 Å². The summed E-state index contributed by atoms with van der Waals surface area (Å²) < 4.78 is 0. The minimum Gasteiger partial charge on any atom is -0.348 e. The van der Waals surface area contributed by atoms with E-state index in [2.05, 4.69) is 16.7 Å². The van der Waals surface area contributed by atoms with Crippen molar-refractivity contribution in [2.75, 3.05) is 13.1 Å². The molecule has 0 aliphatic heterocycles. The summed E-state index contributed by atoms with van der Waals surface area (Å²) in [6.45, 7) is 1.39. The number of halogens is 2. The van der Waals surface area contributed by atoms with Gasteiger partial charge < -0.3 is 10.6 Å². The monoisotopic (exact) mass is 314 g/mol. The number of hydrogen-bond acceptors (Lipinski definition) is 2. The zero-order valence-corrected chi connectivity index (χ0v) is 12.9. The van der Waals surface area contributed by atoms with Crippen LogP contribution in [0.1, 0.15) is 36.4 Å². The molecule has 110 valence electrons. The van der Waals surface area contributed by atoms with Crippen LogP contribution in [-0.2, 0) is 11.2 Å². The molecule has 1 fully saturated rings. The van der Waals surface area contributed by atoms with Gasteiger partial charge in [0, 0.05) is 5.02 Å². The van der Waals surface area contributed by atoms with Gasteiger partial charge in [0.15, 0.2) is 0 Å². The van der Waals surface area contributed by atoms with Gasteiger partial charge in [0.2, 0.25) is 5.91 Å². The highest BCUT2D eigenvalue weighted by atomic mass is 35.5. The van der Waals surface area contributed by atoms with Crippen LogP contribution in [0.2, 0.25) is 5.02 Å². The number of carbonyl (C=O) groups is 1. The fraction of sp³-hybridized carbons (Fsp3) is 0.533. The topological polar surface area (TPSA) is 41.1 Å².